The van der Waals surface area contributed by atoms with Crippen LogP contribution >= 0.6 is 11.8 Å². The van der Waals surface area contributed by atoms with Gasteiger partial charge < -0.3 is 4.74 Å². The topological polar surface area (TPSA) is 41.9 Å². The number of methoxy groups -OCH3 is 1. The summed E-state index contributed by atoms with van der Waals surface area (Å²) in [6.07, 6.45) is 1.92. The Morgan fingerprint density at radius 3 is 2.52 bits per heavy atom. The highest BCUT2D eigenvalue weighted by molar-refractivity contribution is 8.18. The summed E-state index contributed by atoms with van der Waals surface area (Å²) in [6.45, 7) is 3.00. The molecule has 0 aliphatic carbocycles. The Balaban J connectivity index is 1.90. The lowest BCUT2D eigenvalue weighted by atomic mass is 10.1. The highest BCUT2D eigenvalue weighted by Crippen LogP contribution is 2.34. The van der Waals surface area contributed by atoms with Crippen molar-refractivity contribution in [2.45, 2.75) is 6.92 Å². The lowest BCUT2D eigenvalue weighted by Gasteiger charge is -2.14. The first-order valence-corrected chi connectivity index (χ1v) is 8.90. The summed E-state index contributed by atoms with van der Waals surface area (Å²) in [6, 6.07) is 17.8. The zero-order valence-electron chi connectivity index (χ0n) is 14.3. The molecule has 0 N–H and O–H groups in total. The highest BCUT2D eigenvalue weighted by Gasteiger charge is 2.33. The Bertz CT molecular complexity index is 798. The molecule has 1 heterocycles. The summed E-state index contributed by atoms with van der Waals surface area (Å²) in [5, 5.41) is 0.687. The van der Waals surface area contributed by atoms with Gasteiger partial charge in [0.15, 0.2) is 5.17 Å². The van der Waals surface area contributed by atoms with Crippen LogP contribution in [0.3, 0.4) is 0 Å². The molecule has 1 fully saturated rings. The summed E-state index contributed by atoms with van der Waals surface area (Å²) >= 11 is 1.40. The van der Waals surface area contributed by atoms with Gasteiger partial charge in [-0.05, 0) is 42.5 Å². The number of hydrogen-bond acceptors (Lipinski definition) is 4. The van der Waals surface area contributed by atoms with Crippen LogP contribution in [0.25, 0.3) is 6.08 Å². The van der Waals surface area contributed by atoms with Crippen molar-refractivity contribution >= 4 is 34.6 Å². The molecule has 4 nitrogen and oxygen atoms in total. The molecular weight excluding hydrogens is 332 g/mol. The van der Waals surface area contributed by atoms with Gasteiger partial charge in [-0.1, -0.05) is 48.0 Å². The van der Waals surface area contributed by atoms with Crippen molar-refractivity contribution in [3.8, 4) is 0 Å². The number of benzene rings is 2. The Morgan fingerprint density at radius 1 is 1.12 bits per heavy atom. The molecule has 0 spiro atoms. The van der Waals surface area contributed by atoms with E-state index in [0.29, 0.717) is 23.2 Å². The van der Waals surface area contributed by atoms with Gasteiger partial charge in [-0.3, -0.25) is 9.69 Å². The molecular formula is C20H20N2O2S. The monoisotopic (exact) mass is 352 g/mol. The number of nitrogens with zero attached hydrogens (tertiary/aromatic N) is 2. The Kier molecular flexibility index (Phi) is 5.68. The van der Waals surface area contributed by atoms with E-state index in [-0.39, 0.29) is 5.91 Å². The largest absolute Gasteiger partial charge is 0.383 e. The van der Waals surface area contributed by atoms with E-state index in [2.05, 4.69) is 4.99 Å². The van der Waals surface area contributed by atoms with E-state index in [1.54, 1.807) is 12.0 Å². The number of amides is 1. The molecule has 1 amide bonds. The van der Waals surface area contributed by atoms with Crippen molar-refractivity contribution in [3.63, 3.8) is 0 Å². The number of amidine groups is 1. The van der Waals surface area contributed by atoms with Gasteiger partial charge in [0.05, 0.1) is 23.7 Å². The van der Waals surface area contributed by atoms with E-state index in [4.69, 9.17) is 4.74 Å². The molecule has 1 saturated heterocycles. The second-order valence-electron chi connectivity index (χ2n) is 5.70. The predicted octanol–water partition coefficient (Wildman–Crippen LogP) is 4.25. The van der Waals surface area contributed by atoms with Crippen LogP contribution in [-0.4, -0.2) is 36.2 Å². The third-order valence-corrected chi connectivity index (χ3v) is 4.77. The number of thioether (sulfide) groups is 1. The van der Waals surface area contributed by atoms with Gasteiger partial charge in [-0.15, -0.1) is 0 Å². The van der Waals surface area contributed by atoms with Crippen molar-refractivity contribution in [2.24, 2.45) is 4.99 Å². The molecule has 0 aromatic heterocycles. The zero-order chi connectivity index (χ0) is 17.6. The molecule has 2 aromatic carbocycles. The summed E-state index contributed by atoms with van der Waals surface area (Å²) in [5.74, 6) is -0.0303. The Labute approximate surface area is 152 Å². The number of aryl methyl sites for hydroxylation is 1. The summed E-state index contributed by atoms with van der Waals surface area (Å²) in [7, 11) is 1.63. The third kappa shape index (κ3) is 4.38. The quantitative estimate of drug-likeness (QED) is 0.756. The van der Waals surface area contributed by atoms with Crippen molar-refractivity contribution in [1.82, 2.24) is 4.90 Å². The molecule has 5 heteroatoms. The molecule has 0 atom stereocenters. The van der Waals surface area contributed by atoms with Crippen molar-refractivity contribution in [1.29, 1.82) is 0 Å². The minimum absolute atomic E-state index is 0.0303. The Morgan fingerprint density at radius 2 is 1.84 bits per heavy atom. The molecule has 0 bridgehead atoms. The molecule has 0 radical (unpaired) electrons. The maximum atomic E-state index is 12.8. The van der Waals surface area contributed by atoms with E-state index < -0.39 is 0 Å². The first kappa shape index (κ1) is 17.5. The molecule has 128 valence electrons. The van der Waals surface area contributed by atoms with Gasteiger partial charge in [-0.25, -0.2) is 4.99 Å². The second-order valence-corrected chi connectivity index (χ2v) is 6.71. The normalized spacial score (nSPS) is 17.7. The highest BCUT2D eigenvalue weighted by atomic mass is 32.2. The number of rotatable bonds is 5. The predicted molar refractivity (Wildman–Crippen MR) is 104 cm³/mol. The lowest BCUT2D eigenvalue weighted by molar-refractivity contribution is -0.122. The van der Waals surface area contributed by atoms with Crippen LogP contribution in [0.1, 0.15) is 11.1 Å². The number of para-hydroxylation sites is 1. The van der Waals surface area contributed by atoms with Gasteiger partial charge in [0.25, 0.3) is 5.91 Å². The minimum atomic E-state index is -0.0303. The van der Waals surface area contributed by atoms with Crippen molar-refractivity contribution < 1.29 is 9.53 Å². The van der Waals surface area contributed by atoms with Crippen LogP contribution in [0.5, 0.6) is 0 Å². The summed E-state index contributed by atoms with van der Waals surface area (Å²) in [4.78, 5) is 19.8. The molecule has 25 heavy (non-hydrogen) atoms. The fourth-order valence-corrected chi connectivity index (χ4v) is 3.42. The summed E-state index contributed by atoms with van der Waals surface area (Å²) < 4.78 is 5.14. The van der Waals surface area contributed by atoms with E-state index in [1.807, 2.05) is 67.6 Å². The standard InChI is InChI=1S/C20H20N2O2S/c1-15-8-10-16(11-9-15)14-18-19(23)22(12-13-24-2)20(25-18)21-17-6-4-3-5-7-17/h3-11,14H,12-13H2,1-2H3. The number of aliphatic imine (C=N–C) groups is 1. The second kappa shape index (κ2) is 8.14. The SMILES string of the molecule is COCCN1C(=O)C(=Cc2ccc(C)cc2)SC1=Nc1ccccc1. The molecule has 3 rings (SSSR count). The van der Waals surface area contributed by atoms with Crippen molar-refractivity contribution in [2.75, 3.05) is 20.3 Å². The van der Waals surface area contributed by atoms with Crippen LogP contribution in [0.4, 0.5) is 5.69 Å². The van der Waals surface area contributed by atoms with Crippen LogP contribution in [0.2, 0.25) is 0 Å². The smallest absolute Gasteiger partial charge is 0.266 e. The average molecular weight is 352 g/mol. The van der Waals surface area contributed by atoms with Gasteiger partial charge in [0.2, 0.25) is 0 Å². The first-order chi connectivity index (χ1) is 12.2. The van der Waals surface area contributed by atoms with Gasteiger partial charge in [0.1, 0.15) is 0 Å². The number of carbonyl (C=O) groups excluding carboxylic acids is 1. The number of hydrogen-bond donors (Lipinski definition) is 0. The Hall–Kier alpha value is -2.37. The van der Waals surface area contributed by atoms with Gasteiger partial charge >= 0.3 is 0 Å². The number of ether oxygens (including phenoxy) is 1. The van der Waals surface area contributed by atoms with Crippen LogP contribution in [0.15, 0.2) is 64.5 Å². The molecule has 0 saturated carbocycles. The molecule has 1 aliphatic rings. The number of carbonyl (C=O) groups is 1. The average Bonchev–Trinajstić information content (AvgIpc) is 2.91. The maximum absolute atomic E-state index is 12.8. The van der Waals surface area contributed by atoms with E-state index in [9.17, 15) is 4.79 Å². The van der Waals surface area contributed by atoms with Crippen molar-refractivity contribution in [3.05, 3.63) is 70.6 Å². The van der Waals surface area contributed by atoms with Crippen LogP contribution in [-0.2, 0) is 9.53 Å². The van der Waals surface area contributed by atoms with E-state index in [0.717, 1.165) is 11.3 Å². The summed E-state index contributed by atoms with van der Waals surface area (Å²) in [5.41, 5.74) is 3.03. The maximum Gasteiger partial charge on any atom is 0.266 e. The fourth-order valence-electron chi connectivity index (χ4n) is 2.40. The van der Waals surface area contributed by atoms with Crippen LogP contribution in [0, 0.1) is 6.92 Å². The molecule has 1 aliphatic heterocycles. The molecule has 2 aromatic rings. The van der Waals surface area contributed by atoms with Gasteiger partial charge in [0, 0.05) is 7.11 Å². The molecule has 0 unspecified atom stereocenters. The van der Waals surface area contributed by atoms with Crippen LogP contribution < -0.4 is 0 Å². The third-order valence-electron chi connectivity index (χ3n) is 3.76. The van der Waals surface area contributed by atoms with Gasteiger partial charge in [-0.2, -0.15) is 0 Å². The van der Waals surface area contributed by atoms with E-state index in [1.165, 1.54) is 17.3 Å². The first-order valence-electron chi connectivity index (χ1n) is 8.08. The fraction of sp³-hybridized carbons (Fsp3) is 0.200. The van der Waals surface area contributed by atoms with E-state index >= 15 is 0 Å². The zero-order valence-corrected chi connectivity index (χ0v) is 15.1. The minimum Gasteiger partial charge on any atom is -0.383 e. The lowest BCUT2D eigenvalue weighted by Crippen LogP contribution is -2.32.